The normalized spacial score (nSPS) is 41.6. The van der Waals surface area contributed by atoms with Crippen LogP contribution < -0.4 is 0 Å². The lowest BCUT2D eigenvalue weighted by Gasteiger charge is -2.47. The molecule has 0 saturated heterocycles. The molecule has 6 aliphatic rings. The van der Waals surface area contributed by atoms with Crippen molar-refractivity contribution >= 4 is 23.9 Å². The molecule has 0 N–H and O–H groups in total. The molecule has 4 aliphatic carbocycles. The van der Waals surface area contributed by atoms with Crippen LogP contribution in [0.3, 0.4) is 0 Å². The minimum atomic E-state index is -0.624. The number of hydrogen-bond acceptors (Lipinski definition) is 6. The van der Waals surface area contributed by atoms with E-state index in [0.29, 0.717) is 35.1 Å². The highest BCUT2D eigenvalue weighted by molar-refractivity contribution is 6.17. The molecule has 42 heavy (non-hydrogen) atoms. The smallest absolute Gasteiger partial charge is 0.343 e. The van der Waals surface area contributed by atoms with Gasteiger partial charge in [-0.1, -0.05) is 88.1 Å². The summed E-state index contributed by atoms with van der Waals surface area (Å²) in [7, 11) is 0. The predicted octanol–water partition coefficient (Wildman–Crippen LogP) is 6.30. The van der Waals surface area contributed by atoms with Gasteiger partial charge in [0.05, 0.1) is 22.3 Å². The molecule has 0 radical (unpaired) electrons. The van der Waals surface area contributed by atoms with Crippen molar-refractivity contribution in [1.29, 1.82) is 0 Å². The third-order valence-electron chi connectivity index (χ3n) is 14.3. The summed E-state index contributed by atoms with van der Waals surface area (Å²) >= 11 is 0. The lowest BCUT2D eigenvalue weighted by Crippen LogP contribution is -2.45. The Kier molecular flexibility index (Phi) is 4.76. The molecule has 2 aliphatic heterocycles. The summed E-state index contributed by atoms with van der Waals surface area (Å²) in [5, 5.41) is 0. The Labute approximate surface area is 246 Å². The van der Waals surface area contributed by atoms with E-state index in [9.17, 15) is 19.2 Å². The lowest BCUT2D eigenvalue weighted by atomic mass is 9.55. The van der Waals surface area contributed by atoms with Crippen molar-refractivity contribution in [2.24, 2.45) is 32.5 Å². The zero-order chi connectivity index (χ0) is 30.7. The zero-order valence-corrected chi connectivity index (χ0v) is 26.2. The van der Waals surface area contributed by atoms with Gasteiger partial charge < -0.3 is 9.47 Å². The van der Waals surface area contributed by atoms with Crippen molar-refractivity contribution in [1.82, 2.24) is 0 Å². The molecule has 6 atom stereocenters. The molecule has 0 aromatic heterocycles. The number of fused-ring (bicyclic) bond motifs is 8. The monoisotopic (exact) mass is 566 g/mol. The fourth-order valence-electron chi connectivity index (χ4n) is 11.0. The van der Waals surface area contributed by atoms with E-state index >= 15 is 0 Å². The number of hydrogen-bond donors (Lipinski definition) is 0. The molecule has 2 unspecified atom stereocenters. The summed E-state index contributed by atoms with van der Waals surface area (Å²) < 4.78 is 10.3. The second-order valence-corrected chi connectivity index (χ2v) is 14.7. The largest absolute Gasteiger partial charge is 0.386 e. The second kappa shape index (κ2) is 7.32. The molecule has 6 heteroatoms. The van der Waals surface area contributed by atoms with Crippen molar-refractivity contribution in [3.63, 3.8) is 0 Å². The van der Waals surface area contributed by atoms with Gasteiger partial charge in [0.2, 0.25) is 0 Å². The SMILES string of the molecule is CC1=C(C)[C@]2(C)C3=C(C(=O)OC3=O)[C@@]1(C)C2(C)Cc1cccc(CC2(C)[C@@]3(C)C(C)=C(C)[C@]2(C)C2=C3C(=O)OC2=O)c1. The number of ether oxygens (including phenoxy) is 2. The van der Waals surface area contributed by atoms with Crippen molar-refractivity contribution in [2.75, 3.05) is 0 Å². The third kappa shape index (κ3) is 2.32. The summed E-state index contributed by atoms with van der Waals surface area (Å²) in [4.78, 5) is 52.0. The summed E-state index contributed by atoms with van der Waals surface area (Å²) in [6.45, 7) is 21.2. The standard InChI is InChI=1S/C36H38O6/c1-17-18(2)34(8)24-23(27(37)41-28(24)38)33(17,7)31(34,5)15-21-12-11-13-22(14-21)16-32(6)35(9)19(3)20(4)36(32,10)26-25(35)29(39)42-30(26)40/h11-14H,15-16H2,1-10H3/t31?,32?,33-,34+,35-,36+. The van der Waals surface area contributed by atoms with Crippen molar-refractivity contribution in [3.05, 3.63) is 80.0 Å². The van der Waals surface area contributed by atoms with Gasteiger partial charge in [-0.05, 0) is 62.5 Å². The van der Waals surface area contributed by atoms with Gasteiger partial charge in [-0.2, -0.15) is 0 Å². The molecule has 218 valence electrons. The number of carbonyl (C=O) groups is 4. The highest BCUT2D eigenvalue weighted by Crippen LogP contribution is 2.79. The Balaban J connectivity index is 1.28. The van der Waals surface area contributed by atoms with Crippen LogP contribution in [0.1, 0.15) is 80.4 Å². The van der Waals surface area contributed by atoms with Crippen LogP contribution in [0.4, 0.5) is 0 Å². The first kappa shape index (κ1) is 27.3. The zero-order valence-electron chi connectivity index (χ0n) is 26.2. The highest BCUT2D eigenvalue weighted by Gasteiger charge is 2.76. The molecule has 2 heterocycles. The van der Waals surface area contributed by atoms with E-state index in [2.05, 4.69) is 93.5 Å². The van der Waals surface area contributed by atoms with E-state index in [4.69, 9.17) is 9.47 Å². The van der Waals surface area contributed by atoms with Gasteiger partial charge in [0.1, 0.15) is 0 Å². The fraction of sp³-hybridized carbons (Fsp3) is 0.500. The Morgan fingerprint density at radius 1 is 0.500 bits per heavy atom. The maximum atomic E-state index is 13.0. The Bertz CT molecular complexity index is 1560. The Morgan fingerprint density at radius 3 is 1.02 bits per heavy atom. The van der Waals surface area contributed by atoms with Crippen molar-refractivity contribution in [2.45, 2.75) is 82.1 Å². The Hall–Kier alpha value is -3.54. The number of esters is 4. The van der Waals surface area contributed by atoms with E-state index < -0.39 is 56.4 Å². The van der Waals surface area contributed by atoms with Crippen LogP contribution in [0.15, 0.2) is 68.9 Å². The average molecular weight is 567 g/mol. The van der Waals surface area contributed by atoms with Crippen LogP contribution in [0.25, 0.3) is 0 Å². The summed E-state index contributed by atoms with van der Waals surface area (Å²) in [5.74, 6) is -2.03. The number of benzene rings is 1. The van der Waals surface area contributed by atoms with E-state index in [0.717, 1.165) is 33.4 Å². The number of carbonyl (C=O) groups excluding carboxylic acids is 4. The maximum Gasteiger partial charge on any atom is 0.343 e. The first-order chi connectivity index (χ1) is 19.4. The molecule has 6 nitrogen and oxygen atoms in total. The number of cyclic esters (lactones) is 4. The predicted molar refractivity (Wildman–Crippen MR) is 155 cm³/mol. The number of rotatable bonds is 4. The molecule has 4 bridgehead atoms. The summed E-state index contributed by atoms with van der Waals surface area (Å²) in [6, 6.07) is 8.55. The van der Waals surface area contributed by atoms with E-state index in [-0.39, 0.29) is 0 Å². The van der Waals surface area contributed by atoms with Crippen molar-refractivity contribution in [3.8, 4) is 0 Å². The molecule has 0 amide bonds. The minimum absolute atomic E-state index is 0.450. The van der Waals surface area contributed by atoms with Gasteiger partial charge in [-0.25, -0.2) is 19.2 Å². The van der Waals surface area contributed by atoms with Gasteiger partial charge in [-0.15, -0.1) is 0 Å². The first-order valence-corrected chi connectivity index (χ1v) is 14.9. The molecular weight excluding hydrogens is 528 g/mol. The average Bonchev–Trinajstić information content (AvgIpc) is 3.55. The van der Waals surface area contributed by atoms with Gasteiger partial charge in [0.15, 0.2) is 0 Å². The quantitative estimate of drug-likeness (QED) is 0.242. The van der Waals surface area contributed by atoms with E-state index in [1.807, 2.05) is 0 Å². The topological polar surface area (TPSA) is 86.7 Å². The summed E-state index contributed by atoms with van der Waals surface area (Å²) in [6.07, 6.45) is 1.33. The van der Waals surface area contributed by atoms with Crippen LogP contribution in [0.5, 0.6) is 0 Å². The molecule has 0 fully saturated rings. The molecule has 0 saturated carbocycles. The third-order valence-corrected chi connectivity index (χ3v) is 14.3. The van der Waals surface area contributed by atoms with Gasteiger partial charge in [-0.3, -0.25) is 0 Å². The van der Waals surface area contributed by atoms with Crippen LogP contribution in [0.2, 0.25) is 0 Å². The summed E-state index contributed by atoms with van der Waals surface area (Å²) in [5.41, 5.74) is 5.52. The minimum Gasteiger partial charge on any atom is -0.386 e. The van der Waals surface area contributed by atoms with Crippen LogP contribution in [-0.4, -0.2) is 23.9 Å². The fourth-order valence-corrected chi connectivity index (χ4v) is 11.0. The van der Waals surface area contributed by atoms with Crippen molar-refractivity contribution < 1.29 is 28.7 Å². The van der Waals surface area contributed by atoms with Crippen LogP contribution >= 0.6 is 0 Å². The molecule has 0 spiro atoms. The number of allylic oxidation sites excluding steroid dienone is 4. The molecule has 1 aromatic rings. The molecule has 1 aromatic carbocycles. The van der Waals surface area contributed by atoms with E-state index in [1.54, 1.807) is 0 Å². The first-order valence-electron chi connectivity index (χ1n) is 14.9. The van der Waals surface area contributed by atoms with Crippen LogP contribution in [0, 0.1) is 32.5 Å². The maximum absolute atomic E-state index is 13.0. The van der Waals surface area contributed by atoms with Gasteiger partial charge in [0.25, 0.3) is 0 Å². The molecule has 7 rings (SSSR count). The van der Waals surface area contributed by atoms with Gasteiger partial charge >= 0.3 is 23.9 Å². The second-order valence-electron chi connectivity index (χ2n) is 14.7. The molecular formula is C36H38O6. The Morgan fingerprint density at radius 2 is 0.762 bits per heavy atom. The van der Waals surface area contributed by atoms with Gasteiger partial charge in [0, 0.05) is 21.7 Å². The van der Waals surface area contributed by atoms with E-state index in [1.165, 1.54) is 0 Å². The highest BCUT2D eigenvalue weighted by atomic mass is 16.6. The van der Waals surface area contributed by atoms with Crippen LogP contribution in [-0.2, 0) is 41.5 Å². The lowest BCUT2D eigenvalue weighted by molar-refractivity contribution is -0.155.